The highest BCUT2D eigenvalue weighted by molar-refractivity contribution is 5.20. The van der Waals surface area contributed by atoms with Crippen LogP contribution in [0.15, 0.2) is 18.5 Å². The molecule has 1 aromatic heterocycles. The predicted octanol–water partition coefficient (Wildman–Crippen LogP) is 1.25. The second kappa shape index (κ2) is 6.51. The van der Waals surface area contributed by atoms with Gasteiger partial charge in [0.2, 0.25) is 0 Å². The summed E-state index contributed by atoms with van der Waals surface area (Å²) in [7, 11) is 0. The fourth-order valence-corrected chi connectivity index (χ4v) is 1.27. The predicted molar refractivity (Wildman–Crippen MR) is 57.0 cm³/mol. The van der Waals surface area contributed by atoms with Crippen molar-refractivity contribution in [2.45, 2.75) is 26.3 Å². The maximum Gasteiger partial charge on any atom is 0.0431 e. The van der Waals surface area contributed by atoms with Crippen LogP contribution < -0.4 is 5.32 Å². The summed E-state index contributed by atoms with van der Waals surface area (Å²) >= 11 is 0. The van der Waals surface area contributed by atoms with Crippen molar-refractivity contribution >= 4 is 0 Å². The van der Waals surface area contributed by atoms with Crippen molar-refractivity contribution in [1.29, 1.82) is 0 Å². The van der Waals surface area contributed by atoms with Crippen LogP contribution in [0, 0.1) is 6.92 Å². The minimum absolute atomic E-state index is 0.285. The Morgan fingerprint density at radius 3 is 3.00 bits per heavy atom. The molecule has 0 fully saturated rings. The summed E-state index contributed by atoms with van der Waals surface area (Å²) in [6, 6.07) is 2.02. The summed E-state index contributed by atoms with van der Waals surface area (Å²) < 4.78 is 0. The third kappa shape index (κ3) is 3.85. The first kappa shape index (κ1) is 11.1. The van der Waals surface area contributed by atoms with Gasteiger partial charge in [0.1, 0.15) is 0 Å². The average molecular weight is 194 g/mol. The van der Waals surface area contributed by atoms with Crippen LogP contribution in [-0.4, -0.2) is 23.2 Å². The fourth-order valence-electron chi connectivity index (χ4n) is 1.27. The first-order valence-electron chi connectivity index (χ1n) is 5.05. The molecule has 0 spiro atoms. The Bertz CT molecular complexity index is 263. The van der Waals surface area contributed by atoms with Crippen molar-refractivity contribution in [3.8, 4) is 0 Å². The second-order valence-electron chi connectivity index (χ2n) is 3.41. The van der Waals surface area contributed by atoms with Gasteiger partial charge < -0.3 is 10.4 Å². The molecule has 2 N–H and O–H groups in total. The molecule has 78 valence electrons. The van der Waals surface area contributed by atoms with Gasteiger partial charge in [-0.15, -0.1) is 0 Å². The lowest BCUT2D eigenvalue weighted by atomic mass is 10.1. The zero-order chi connectivity index (χ0) is 10.2. The molecule has 0 aliphatic heterocycles. The van der Waals surface area contributed by atoms with Crippen molar-refractivity contribution in [3.63, 3.8) is 0 Å². The normalized spacial score (nSPS) is 10.4. The van der Waals surface area contributed by atoms with Crippen LogP contribution in [0.1, 0.15) is 24.0 Å². The van der Waals surface area contributed by atoms with Crippen LogP contribution in [-0.2, 0) is 6.54 Å². The van der Waals surface area contributed by atoms with Crippen LogP contribution in [0.2, 0.25) is 0 Å². The highest BCUT2D eigenvalue weighted by Gasteiger charge is 1.96. The number of aliphatic hydroxyl groups excluding tert-OH is 1. The smallest absolute Gasteiger partial charge is 0.0431 e. The lowest BCUT2D eigenvalue weighted by Crippen LogP contribution is -2.15. The van der Waals surface area contributed by atoms with E-state index in [2.05, 4.69) is 17.2 Å². The Kier molecular flexibility index (Phi) is 5.19. The topological polar surface area (TPSA) is 45.2 Å². The van der Waals surface area contributed by atoms with Crippen molar-refractivity contribution in [3.05, 3.63) is 29.6 Å². The zero-order valence-electron chi connectivity index (χ0n) is 8.66. The van der Waals surface area contributed by atoms with Gasteiger partial charge in [0.05, 0.1) is 0 Å². The van der Waals surface area contributed by atoms with E-state index in [0.29, 0.717) is 0 Å². The van der Waals surface area contributed by atoms with E-state index < -0.39 is 0 Å². The summed E-state index contributed by atoms with van der Waals surface area (Å²) in [4.78, 5) is 4.08. The number of aromatic nitrogens is 1. The molecule has 0 aromatic carbocycles. The number of hydrogen-bond acceptors (Lipinski definition) is 3. The van der Waals surface area contributed by atoms with Crippen LogP contribution >= 0.6 is 0 Å². The van der Waals surface area contributed by atoms with Gasteiger partial charge in [0.15, 0.2) is 0 Å². The summed E-state index contributed by atoms with van der Waals surface area (Å²) in [6.45, 7) is 4.19. The highest BCUT2D eigenvalue weighted by atomic mass is 16.2. The molecule has 3 nitrogen and oxygen atoms in total. The lowest BCUT2D eigenvalue weighted by Gasteiger charge is -2.06. The molecular weight excluding hydrogens is 176 g/mol. The van der Waals surface area contributed by atoms with Gasteiger partial charge in [-0.3, -0.25) is 4.98 Å². The second-order valence-corrected chi connectivity index (χ2v) is 3.41. The molecule has 0 bridgehead atoms. The molecule has 1 heterocycles. The van der Waals surface area contributed by atoms with E-state index in [9.17, 15) is 0 Å². The Labute approximate surface area is 85.2 Å². The Morgan fingerprint density at radius 2 is 2.29 bits per heavy atom. The molecule has 1 rings (SSSR count). The van der Waals surface area contributed by atoms with E-state index in [4.69, 9.17) is 5.11 Å². The molecule has 0 amide bonds. The first-order valence-corrected chi connectivity index (χ1v) is 5.05. The number of nitrogens with one attached hydrogen (secondary N) is 1. The summed E-state index contributed by atoms with van der Waals surface area (Å²) in [5.41, 5.74) is 2.52. The number of aliphatic hydroxyl groups is 1. The summed E-state index contributed by atoms with van der Waals surface area (Å²) in [5, 5.41) is 11.9. The minimum atomic E-state index is 0.285. The van der Waals surface area contributed by atoms with Gasteiger partial charge in [-0.05, 0) is 43.5 Å². The van der Waals surface area contributed by atoms with Gasteiger partial charge >= 0.3 is 0 Å². The maximum absolute atomic E-state index is 8.59. The van der Waals surface area contributed by atoms with Crippen molar-refractivity contribution in [1.82, 2.24) is 10.3 Å². The minimum Gasteiger partial charge on any atom is -0.396 e. The molecule has 14 heavy (non-hydrogen) atoms. The molecule has 0 radical (unpaired) electrons. The Balaban J connectivity index is 2.21. The quantitative estimate of drug-likeness (QED) is 0.670. The zero-order valence-corrected chi connectivity index (χ0v) is 8.66. The SMILES string of the molecule is Cc1ccncc1CNCCCCO. The standard InChI is InChI=1S/C11H18N2O/c1-10-4-6-13-9-11(10)8-12-5-2-3-7-14/h4,6,9,12,14H,2-3,5,7-8H2,1H3. The van der Waals surface area contributed by atoms with E-state index in [-0.39, 0.29) is 6.61 Å². The molecule has 0 atom stereocenters. The van der Waals surface area contributed by atoms with E-state index in [1.54, 1.807) is 0 Å². The molecule has 0 unspecified atom stereocenters. The van der Waals surface area contributed by atoms with E-state index in [0.717, 1.165) is 25.9 Å². The lowest BCUT2D eigenvalue weighted by molar-refractivity contribution is 0.283. The van der Waals surface area contributed by atoms with Gasteiger partial charge in [-0.1, -0.05) is 0 Å². The van der Waals surface area contributed by atoms with Crippen LogP contribution in [0.3, 0.4) is 0 Å². The molecule has 3 heteroatoms. The van der Waals surface area contributed by atoms with E-state index in [1.165, 1.54) is 11.1 Å². The van der Waals surface area contributed by atoms with Crippen molar-refractivity contribution < 1.29 is 5.11 Å². The largest absolute Gasteiger partial charge is 0.396 e. The third-order valence-corrected chi connectivity index (χ3v) is 2.22. The number of aryl methyl sites for hydroxylation is 1. The van der Waals surface area contributed by atoms with Gasteiger partial charge in [0.25, 0.3) is 0 Å². The van der Waals surface area contributed by atoms with Gasteiger partial charge in [0, 0.05) is 25.5 Å². The molecule has 1 aromatic rings. The average Bonchev–Trinajstić information content (AvgIpc) is 2.20. The number of pyridine rings is 1. The summed E-state index contributed by atoms with van der Waals surface area (Å²) in [5.74, 6) is 0. The van der Waals surface area contributed by atoms with Crippen LogP contribution in [0.25, 0.3) is 0 Å². The molecule has 0 saturated carbocycles. The number of hydrogen-bond donors (Lipinski definition) is 2. The van der Waals surface area contributed by atoms with Crippen LogP contribution in [0.5, 0.6) is 0 Å². The van der Waals surface area contributed by atoms with E-state index in [1.807, 2.05) is 18.5 Å². The fraction of sp³-hybridized carbons (Fsp3) is 0.545. The molecule has 0 aliphatic carbocycles. The highest BCUT2D eigenvalue weighted by Crippen LogP contribution is 2.03. The number of unbranched alkanes of at least 4 members (excludes halogenated alkanes) is 1. The van der Waals surface area contributed by atoms with E-state index >= 15 is 0 Å². The van der Waals surface area contributed by atoms with Crippen molar-refractivity contribution in [2.24, 2.45) is 0 Å². The Hall–Kier alpha value is -0.930. The van der Waals surface area contributed by atoms with Crippen molar-refractivity contribution in [2.75, 3.05) is 13.2 Å². The van der Waals surface area contributed by atoms with Gasteiger partial charge in [-0.2, -0.15) is 0 Å². The first-order chi connectivity index (χ1) is 6.84. The molecule has 0 aliphatic rings. The van der Waals surface area contributed by atoms with Crippen LogP contribution in [0.4, 0.5) is 0 Å². The molecule has 0 saturated heterocycles. The van der Waals surface area contributed by atoms with Gasteiger partial charge in [-0.25, -0.2) is 0 Å². The Morgan fingerprint density at radius 1 is 1.43 bits per heavy atom. The number of nitrogens with zero attached hydrogens (tertiary/aromatic N) is 1. The summed E-state index contributed by atoms with van der Waals surface area (Å²) in [6.07, 6.45) is 5.60. The number of rotatable bonds is 6. The monoisotopic (exact) mass is 194 g/mol. The maximum atomic E-state index is 8.59. The molecular formula is C11H18N2O. The third-order valence-electron chi connectivity index (χ3n) is 2.22.